The van der Waals surface area contributed by atoms with Crippen molar-refractivity contribution in [1.29, 1.82) is 0 Å². The Labute approximate surface area is 115 Å². The molecule has 1 N–H and O–H groups in total. The number of urea groups is 1. The predicted molar refractivity (Wildman–Crippen MR) is 70.9 cm³/mol. The Hall–Kier alpha value is -1.63. The van der Waals surface area contributed by atoms with Gasteiger partial charge in [0.1, 0.15) is 6.54 Å². The minimum absolute atomic E-state index is 0.239. The molecule has 0 saturated heterocycles. The maximum atomic E-state index is 12.2. The zero-order valence-corrected chi connectivity index (χ0v) is 11.6. The normalized spacial score (nSPS) is 14.2. The molecule has 0 aliphatic heterocycles. The van der Waals surface area contributed by atoms with Crippen LogP contribution in [0.3, 0.4) is 0 Å². The fourth-order valence-corrected chi connectivity index (χ4v) is 2.40. The van der Waals surface area contributed by atoms with Crippen molar-refractivity contribution in [3.63, 3.8) is 0 Å². The number of carbonyl (C=O) groups is 2. The number of aromatic nitrogens is 1. The van der Waals surface area contributed by atoms with E-state index in [4.69, 9.17) is 5.11 Å². The van der Waals surface area contributed by atoms with Crippen LogP contribution in [0.1, 0.15) is 18.5 Å². The smallest absolute Gasteiger partial charge is 0.323 e. The summed E-state index contributed by atoms with van der Waals surface area (Å²) in [5, 5.41) is 10.8. The fraction of sp³-hybridized carbons (Fsp3) is 0.583. The molecule has 2 amide bonds. The van der Waals surface area contributed by atoms with Crippen LogP contribution in [-0.4, -0.2) is 52.0 Å². The van der Waals surface area contributed by atoms with Crippen molar-refractivity contribution in [1.82, 2.24) is 14.8 Å². The number of carboxylic acids is 1. The highest BCUT2D eigenvalue weighted by atomic mass is 32.1. The van der Waals surface area contributed by atoms with Crippen molar-refractivity contribution in [2.75, 3.05) is 20.1 Å². The van der Waals surface area contributed by atoms with Gasteiger partial charge < -0.3 is 14.9 Å². The minimum Gasteiger partial charge on any atom is -0.480 e. The third-order valence-electron chi connectivity index (χ3n) is 2.98. The van der Waals surface area contributed by atoms with Gasteiger partial charge in [0, 0.05) is 19.0 Å². The Morgan fingerprint density at radius 2 is 2.26 bits per heavy atom. The van der Waals surface area contributed by atoms with Gasteiger partial charge >= 0.3 is 12.0 Å². The topological polar surface area (TPSA) is 73.7 Å². The Balaban J connectivity index is 1.94. The lowest BCUT2D eigenvalue weighted by Crippen LogP contribution is -2.44. The third-order valence-corrected chi connectivity index (χ3v) is 3.62. The lowest BCUT2D eigenvalue weighted by atomic mass is 10.3. The molecule has 6 nitrogen and oxygen atoms in total. The van der Waals surface area contributed by atoms with Gasteiger partial charge in [-0.1, -0.05) is 0 Å². The van der Waals surface area contributed by atoms with E-state index in [0.717, 1.165) is 18.5 Å². The van der Waals surface area contributed by atoms with Crippen molar-refractivity contribution in [2.24, 2.45) is 5.92 Å². The first kappa shape index (κ1) is 13.8. The summed E-state index contributed by atoms with van der Waals surface area (Å²) in [4.78, 5) is 30.1. The van der Waals surface area contributed by atoms with Crippen molar-refractivity contribution >= 4 is 23.3 Å². The van der Waals surface area contributed by atoms with Crippen LogP contribution in [0.4, 0.5) is 4.79 Å². The van der Waals surface area contributed by atoms with Crippen molar-refractivity contribution in [3.05, 3.63) is 16.6 Å². The van der Waals surface area contributed by atoms with Crippen LogP contribution in [0.5, 0.6) is 0 Å². The van der Waals surface area contributed by atoms with Gasteiger partial charge in [-0.05, 0) is 18.8 Å². The summed E-state index contributed by atoms with van der Waals surface area (Å²) < 4.78 is 0. The van der Waals surface area contributed by atoms with Gasteiger partial charge in [-0.15, -0.1) is 11.3 Å². The molecule has 1 aromatic rings. The number of thiazole rings is 1. The number of nitrogens with zero attached hydrogens (tertiary/aromatic N) is 3. The molecular weight excluding hydrogens is 266 g/mol. The maximum absolute atomic E-state index is 12.2. The van der Waals surface area contributed by atoms with Crippen LogP contribution in [-0.2, 0) is 11.3 Å². The van der Waals surface area contributed by atoms with E-state index < -0.39 is 5.97 Å². The van der Waals surface area contributed by atoms with E-state index in [-0.39, 0.29) is 12.6 Å². The first-order valence-electron chi connectivity index (χ1n) is 6.15. The first-order valence-corrected chi connectivity index (χ1v) is 7.09. The summed E-state index contributed by atoms with van der Waals surface area (Å²) in [6, 6.07) is -0.248. The second-order valence-electron chi connectivity index (χ2n) is 4.84. The van der Waals surface area contributed by atoms with Crippen molar-refractivity contribution in [3.8, 4) is 0 Å². The molecule has 0 unspecified atom stereocenters. The van der Waals surface area contributed by atoms with Crippen LogP contribution in [0.2, 0.25) is 0 Å². The van der Waals surface area contributed by atoms with E-state index in [0.29, 0.717) is 19.0 Å². The summed E-state index contributed by atoms with van der Waals surface area (Å²) >= 11 is 1.48. The van der Waals surface area contributed by atoms with Crippen LogP contribution >= 0.6 is 11.3 Å². The van der Waals surface area contributed by atoms with E-state index >= 15 is 0 Å². The van der Waals surface area contributed by atoms with Gasteiger partial charge in [0.2, 0.25) is 0 Å². The van der Waals surface area contributed by atoms with E-state index in [1.807, 2.05) is 5.38 Å². The van der Waals surface area contributed by atoms with Crippen molar-refractivity contribution in [2.45, 2.75) is 19.4 Å². The second kappa shape index (κ2) is 6.01. The van der Waals surface area contributed by atoms with Gasteiger partial charge in [0.25, 0.3) is 0 Å². The minimum atomic E-state index is -0.976. The number of rotatable bonds is 6. The zero-order valence-electron chi connectivity index (χ0n) is 10.8. The number of carbonyl (C=O) groups excluding carboxylic acids is 1. The number of hydrogen-bond acceptors (Lipinski definition) is 4. The predicted octanol–water partition coefficient (Wildman–Crippen LogP) is 1.49. The van der Waals surface area contributed by atoms with Crippen LogP contribution in [0, 0.1) is 5.92 Å². The molecule has 1 aliphatic rings. The van der Waals surface area contributed by atoms with Gasteiger partial charge in [0.15, 0.2) is 0 Å². The SMILES string of the molecule is CN(Cc1cscn1)C(=O)N(CC(=O)O)CC1CC1. The Kier molecular flexibility index (Phi) is 4.36. The van der Waals surface area contributed by atoms with Gasteiger partial charge in [-0.2, -0.15) is 0 Å². The average Bonchev–Trinajstić information content (AvgIpc) is 3.02. The molecule has 0 spiro atoms. The molecule has 2 rings (SSSR count). The van der Waals surface area contributed by atoms with Gasteiger partial charge in [-0.25, -0.2) is 9.78 Å². The number of aliphatic carboxylic acids is 1. The van der Waals surface area contributed by atoms with E-state index in [2.05, 4.69) is 4.98 Å². The van der Waals surface area contributed by atoms with E-state index in [9.17, 15) is 9.59 Å². The molecule has 19 heavy (non-hydrogen) atoms. The molecular formula is C12H17N3O3S. The molecule has 1 fully saturated rings. The summed E-state index contributed by atoms with van der Waals surface area (Å²) in [6.45, 7) is 0.701. The molecule has 1 aliphatic carbocycles. The van der Waals surface area contributed by atoms with Crippen LogP contribution < -0.4 is 0 Å². The standard InChI is InChI=1S/C12H17N3O3S/c1-14(5-10-7-19-8-13-10)12(18)15(6-11(16)17)4-9-2-3-9/h7-9H,2-6H2,1H3,(H,16,17). The summed E-state index contributed by atoms with van der Waals surface area (Å²) in [7, 11) is 1.67. The molecule has 7 heteroatoms. The lowest BCUT2D eigenvalue weighted by Gasteiger charge is -2.26. The number of hydrogen-bond donors (Lipinski definition) is 1. The number of carboxylic acid groups (broad SMARTS) is 1. The highest BCUT2D eigenvalue weighted by Gasteiger charge is 2.29. The van der Waals surface area contributed by atoms with E-state index in [1.165, 1.54) is 21.1 Å². The molecule has 0 bridgehead atoms. The Morgan fingerprint density at radius 1 is 1.53 bits per heavy atom. The highest BCUT2D eigenvalue weighted by molar-refractivity contribution is 7.07. The number of amides is 2. The Bertz CT molecular complexity index is 445. The first-order chi connectivity index (χ1) is 9.06. The Morgan fingerprint density at radius 3 is 2.79 bits per heavy atom. The van der Waals surface area contributed by atoms with E-state index in [1.54, 1.807) is 12.6 Å². The van der Waals surface area contributed by atoms with Gasteiger partial charge in [0.05, 0.1) is 17.7 Å². The third kappa shape index (κ3) is 4.20. The molecule has 1 aromatic heterocycles. The summed E-state index contributed by atoms with van der Waals surface area (Å²) in [5.74, 6) is -0.507. The zero-order chi connectivity index (χ0) is 13.8. The quantitative estimate of drug-likeness (QED) is 0.858. The average molecular weight is 283 g/mol. The molecule has 1 saturated carbocycles. The molecule has 0 atom stereocenters. The largest absolute Gasteiger partial charge is 0.480 e. The maximum Gasteiger partial charge on any atom is 0.323 e. The van der Waals surface area contributed by atoms with Gasteiger partial charge in [-0.3, -0.25) is 4.79 Å². The molecule has 104 valence electrons. The monoisotopic (exact) mass is 283 g/mol. The second-order valence-corrected chi connectivity index (χ2v) is 5.55. The van der Waals surface area contributed by atoms with Crippen LogP contribution in [0.15, 0.2) is 10.9 Å². The summed E-state index contributed by atoms with van der Waals surface area (Å²) in [5.41, 5.74) is 2.54. The fourth-order valence-electron chi connectivity index (χ4n) is 1.85. The highest BCUT2D eigenvalue weighted by Crippen LogP contribution is 2.30. The molecule has 1 heterocycles. The molecule has 0 aromatic carbocycles. The van der Waals surface area contributed by atoms with Crippen molar-refractivity contribution < 1.29 is 14.7 Å². The lowest BCUT2D eigenvalue weighted by molar-refractivity contribution is -0.137. The molecule has 0 radical (unpaired) electrons. The summed E-state index contributed by atoms with van der Waals surface area (Å²) in [6.07, 6.45) is 2.17. The van der Waals surface area contributed by atoms with Crippen LogP contribution in [0.25, 0.3) is 0 Å².